The molecular formula is C14H14ClN3O3. The smallest absolute Gasteiger partial charge is 0.337 e. The minimum Gasteiger partial charge on any atom is -0.478 e. The molecular weight excluding hydrogens is 294 g/mol. The SMILES string of the molecule is CCOc1cc(C)nc(Nc2ccc(Cl)c(C(=O)O)c2)n1. The van der Waals surface area contributed by atoms with Crippen LogP contribution < -0.4 is 10.1 Å². The Morgan fingerprint density at radius 2 is 2.14 bits per heavy atom. The first-order valence-corrected chi connectivity index (χ1v) is 6.65. The van der Waals surface area contributed by atoms with Crippen LogP contribution in [0.25, 0.3) is 0 Å². The van der Waals surface area contributed by atoms with Crippen molar-refractivity contribution in [3.8, 4) is 5.88 Å². The van der Waals surface area contributed by atoms with Crippen LogP contribution in [0.3, 0.4) is 0 Å². The van der Waals surface area contributed by atoms with Gasteiger partial charge >= 0.3 is 5.97 Å². The van der Waals surface area contributed by atoms with Gasteiger partial charge in [0.2, 0.25) is 11.8 Å². The third-order valence-corrected chi connectivity index (χ3v) is 2.91. The molecule has 0 atom stereocenters. The van der Waals surface area contributed by atoms with Gasteiger partial charge < -0.3 is 15.2 Å². The van der Waals surface area contributed by atoms with Crippen molar-refractivity contribution in [3.05, 3.63) is 40.5 Å². The highest BCUT2D eigenvalue weighted by Gasteiger charge is 2.10. The van der Waals surface area contributed by atoms with E-state index in [9.17, 15) is 4.79 Å². The molecule has 0 saturated heterocycles. The second-order valence-electron chi connectivity index (χ2n) is 4.23. The summed E-state index contributed by atoms with van der Waals surface area (Å²) in [5.74, 6) is -0.305. The van der Waals surface area contributed by atoms with E-state index in [2.05, 4.69) is 15.3 Å². The van der Waals surface area contributed by atoms with Gasteiger partial charge in [-0.1, -0.05) is 11.6 Å². The molecule has 0 saturated carbocycles. The zero-order valence-corrected chi connectivity index (χ0v) is 12.3. The number of aryl methyl sites for hydroxylation is 1. The highest BCUT2D eigenvalue weighted by atomic mass is 35.5. The lowest BCUT2D eigenvalue weighted by molar-refractivity contribution is 0.0697. The second kappa shape index (κ2) is 6.41. The quantitative estimate of drug-likeness (QED) is 0.882. The fourth-order valence-corrected chi connectivity index (χ4v) is 1.91. The molecule has 1 aromatic heterocycles. The molecule has 0 unspecified atom stereocenters. The molecule has 21 heavy (non-hydrogen) atoms. The fraction of sp³-hybridized carbons (Fsp3) is 0.214. The Hall–Kier alpha value is -2.34. The number of hydrogen-bond donors (Lipinski definition) is 2. The van der Waals surface area contributed by atoms with Crippen molar-refractivity contribution in [2.75, 3.05) is 11.9 Å². The maximum Gasteiger partial charge on any atom is 0.337 e. The number of aromatic nitrogens is 2. The van der Waals surface area contributed by atoms with E-state index in [1.807, 2.05) is 13.8 Å². The number of carboxylic acids is 1. The van der Waals surface area contributed by atoms with E-state index in [1.54, 1.807) is 12.1 Å². The van der Waals surface area contributed by atoms with Crippen molar-refractivity contribution in [2.45, 2.75) is 13.8 Å². The van der Waals surface area contributed by atoms with Crippen LogP contribution in [0.15, 0.2) is 24.3 Å². The number of nitrogens with one attached hydrogen (secondary N) is 1. The van der Waals surface area contributed by atoms with Crippen molar-refractivity contribution < 1.29 is 14.6 Å². The molecule has 6 nitrogen and oxygen atoms in total. The number of carbonyl (C=O) groups is 1. The Bertz CT molecular complexity index is 677. The molecule has 2 aromatic rings. The van der Waals surface area contributed by atoms with Crippen molar-refractivity contribution in [2.24, 2.45) is 0 Å². The van der Waals surface area contributed by atoms with Crippen LogP contribution in [0, 0.1) is 6.92 Å². The summed E-state index contributed by atoms with van der Waals surface area (Å²) in [7, 11) is 0. The average Bonchev–Trinajstić information content (AvgIpc) is 2.40. The maximum absolute atomic E-state index is 11.1. The number of aromatic carboxylic acids is 1. The molecule has 2 N–H and O–H groups in total. The Morgan fingerprint density at radius 1 is 1.38 bits per heavy atom. The lowest BCUT2D eigenvalue weighted by Crippen LogP contribution is -2.04. The first-order chi connectivity index (χ1) is 9.99. The molecule has 0 spiro atoms. The van der Waals surface area contributed by atoms with Gasteiger partial charge in [0, 0.05) is 17.4 Å². The van der Waals surface area contributed by atoms with E-state index in [-0.39, 0.29) is 10.6 Å². The number of ether oxygens (including phenoxy) is 1. The number of rotatable bonds is 5. The molecule has 2 rings (SSSR count). The van der Waals surface area contributed by atoms with Crippen LogP contribution >= 0.6 is 11.6 Å². The van der Waals surface area contributed by atoms with E-state index < -0.39 is 5.97 Å². The van der Waals surface area contributed by atoms with Crippen molar-refractivity contribution in [1.82, 2.24) is 9.97 Å². The summed E-state index contributed by atoms with van der Waals surface area (Å²) in [4.78, 5) is 19.5. The van der Waals surface area contributed by atoms with E-state index in [1.165, 1.54) is 12.1 Å². The Kier molecular flexibility index (Phi) is 4.59. The predicted octanol–water partition coefficient (Wildman–Crippen LogP) is 3.28. The van der Waals surface area contributed by atoms with Crippen molar-refractivity contribution in [1.29, 1.82) is 0 Å². The molecule has 1 heterocycles. The Morgan fingerprint density at radius 3 is 2.81 bits per heavy atom. The summed E-state index contributed by atoms with van der Waals surface area (Å²) in [6.45, 7) is 4.18. The van der Waals surface area contributed by atoms with Gasteiger partial charge in [0.15, 0.2) is 0 Å². The molecule has 0 aliphatic carbocycles. The van der Waals surface area contributed by atoms with Gasteiger partial charge in [-0.3, -0.25) is 0 Å². The maximum atomic E-state index is 11.1. The topological polar surface area (TPSA) is 84.3 Å². The Balaban J connectivity index is 2.29. The van der Waals surface area contributed by atoms with E-state index in [0.29, 0.717) is 24.1 Å². The van der Waals surface area contributed by atoms with Crippen LogP contribution in [0.5, 0.6) is 5.88 Å². The number of nitrogens with zero attached hydrogens (tertiary/aromatic N) is 2. The molecule has 7 heteroatoms. The molecule has 0 radical (unpaired) electrons. The van der Waals surface area contributed by atoms with Gasteiger partial charge in [0.25, 0.3) is 0 Å². The number of halogens is 1. The van der Waals surface area contributed by atoms with Gasteiger partial charge in [0.05, 0.1) is 17.2 Å². The molecule has 1 aromatic carbocycles. The molecule has 0 bridgehead atoms. The van der Waals surface area contributed by atoms with Gasteiger partial charge in [-0.25, -0.2) is 9.78 Å². The molecule has 0 aliphatic heterocycles. The molecule has 110 valence electrons. The molecule has 0 amide bonds. The summed E-state index contributed by atoms with van der Waals surface area (Å²) < 4.78 is 5.34. The molecule has 0 fully saturated rings. The van der Waals surface area contributed by atoms with Gasteiger partial charge in [-0.05, 0) is 32.0 Å². The normalized spacial score (nSPS) is 10.2. The van der Waals surface area contributed by atoms with Crippen LogP contribution in [0.1, 0.15) is 23.0 Å². The van der Waals surface area contributed by atoms with E-state index >= 15 is 0 Å². The number of carboxylic acid groups (broad SMARTS) is 1. The standard InChI is InChI=1S/C14H14ClN3O3/c1-3-21-12-6-8(2)16-14(18-12)17-9-4-5-11(15)10(7-9)13(19)20/h4-7H,3H2,1-2H3,(H,19,20)(H,16,17,18). The third-order valence-electron chi connectivity index (χ3n) is 2.58. The minimum absolute atomic E-state index is 0.0133. The molecule has 0 aliphatic rings. The summed E-state index contributed by atoms with van der Waals surface area (Å²) in [5, 5.41) is 12.2. The van der Waals surface area contributed by atoms with Crippen LogP contribution in [-0.4, -0.2) is 27.7 Å². The lowest BCUT2D eigenvalue weighted by atomic mass is 10.2. The first-order valence-electron chi connectivity index (χ1n) is 6.28. The highest BCUT2D eigenvalue weighted by molar-refractivity contribution is 6.33. The fourth-order valence-electron chi connectivity index (χ4n) is 1.71. The third kappa shape index (κ3) is 3.82. The van der Waals surface area contributed by atoms with E-state index in [0.717, 1.165) is 5.69 Å². The van der Waals surface area contributed by atoms with Gasteiger partial charge in [-0.2, -0.15) is 4.98 Å². The van der Waals surface area contributed by atoms with Crippen molar-refractivity contribution >= 4 is 29.2 Å². The zero-order valence-electron chi connectivity index (χ0n) is 11.6. The average molecular weight is 308 g/mol. The summed E-state index contributed by atoms with van der Waals surface area (Å²) >= 11 is 5.83. The summed E-state index contributed by atoms with van der Waals surface area (Å²) in [6.07, 6.45) is 0. The van der Waals surface area contributed by atoms with Crippen LogP contribution in [-0.2, 0) is 0 Å². The van der Waals surface area contributed by atoms with Gasteiger partial charge in [-0.15, -0.1) is 0 Å². The highest BCUT2D eigenvalue weighted by Crippen LogP contribution is 2.23. The zero-order chi connectivity index (χ0) is 15.4. The largest absolute Gasteiger partial charge is 0.478 e. The summed E-state index contributed by atoms with van der Waals surface area (Å²) in [6, 6.07) is 6.31. The number of hydrogen-bond acceptors (Lipinski definition) is 5. The van der Waals surface area contributed by atoms with Crippen molar-refractivity contribution in [3.63, 3.8) is 0 Å². The van der Waals surface area contributed by atoms with Crippen LogP contribution in [0.2, 0.25) is 5.02 Å². The minimum atomic E-state index is -1.09. The predicted molar refractivity (Wildman–Crippen MR) is 79.6 cm³/mol. The second-order valence-corrected chi connectivity index (χ2v) is 4.64. The number of benzene rings is 1. The Labute approximate surface area is 126 Å². The first kappa shape index (κ1) is 15.1. The summed E-state index contributed by atoms with van der Waals surface area (Å²) in [5.41, 5.74) is 1.28. The monoisotopic (exact) mass is 307 g/mol. The van der Waals surface area contributed by atoms with Gasteiger partial charge in [0.1, 0.15) is 0 Å². The lowest BCUT2D eigenvalue weighted by Gasteiger charge is -2.09. The number of anilines is 2. The van der Waals surface area contributed by atoms with E-state index in [4.69, 9.17) is 21.4 Å². The van der Waals surface area contributed by atoms with Crippen LogP contribution in [0.4, 0.5) is 11.6 Å².